The lowest BCUT2D eigenvalue weighted by molar-refractivity contribution is 0.0299. The summed E-state index contributed by atoms with van der Waals surface area (Å²) in [4.78, 5) is 12.1. The van der Waals surface area contributed by atoms with Crippen LogP contribution in [0.5, 0.6) is 5.75 Å². The zero-order valence-corrected chi connectivity index (χ0v) is 16.7. The van der Waals surface area contributed by atoms with Gasteiger partial charge in [0.1, 0.15) is 17.5 Å². The van der Waals surface area contributed by atoms with Gasteiger partial charge in [-0.25, -0.2) is 0 Å². The molecule has 0 amide bonds. The zero-order chi connectivity index (χ0) is 19.3. The molecule has 2 fully saturated rings. The maximum absolute atomic E-state index is 12.1. The van der Waals surface area contributed by atoms with E-state index in [1.807, 2.05) is 22.9 Å². The number of hydrogen-bond donors (Lipinski definition) is 0. The number of nitrogens with zero attached hydrogens (tertiary/aromatic N) is 2. The van der Waals surface area contributed by atoms with Gasteiger partial charge in [0.2, 0.25) is 0 Å². The van der Waals surface area contributed by atoms with Gasteiger partial charge in [-0.2, -0.15) is 5.10 Å². The van der Waals surface area contributed by atoms with Crippen molar-refractivity contribution in [2.24, 2.45) is 11.3 Å². The Kier molecular flexibility index (Phi) is 4.51. The van der Waals surface area contributed by atoms with E-state index >= 15 is 0 Å². The smallest absolute Gasteiger partial charge is 0.180 e. The summed E-state index contributed by atoms with van der Waals surface area (Å²) in [5.74, 6) is 1.07. The first-order valence-electron chi connectivity index (χ1n) is 9.64. The maximum Gasteiger partial charge on any atom is 0.180 e. The van der Waals surface area contributed by atoms with Gasteiger partial charge in [-0.1, -0.05) is 27.7 Å². The molecule has 4 atom stereocenters. The van der Waals surface area contributed by atoms with E-state index in [1.54, 1.807) is 6.92 Å². The fraction of sp³-hybridized carbons (Fsp3) is 0.619. The molecule has 3 heterocycles. The Morgan fingerprint density at radius 2 is 2.00 bits per heavy atom. The van der Waals surface area contributed by atoms with Crippen molar-refractivity contribution in [1.82, 2.24) is 9.78 Å². The third kappa shape index (κ3) is 3.48. The summed E-state index contributed by atoms with van der Waals surface area (Å²) < 4.78 is 19.8. The van der Waals surface area contributed by atoms with Crippen molar-refractivity contribution in [2.45, 2.75) is 59.5 Å². The first kappa shape index (κ1) is 18.4. The van der Waals surface area contributed by atoms with Crippen LogP contribution in [0.2, 0.25) is 0 Å². The molecule has 0 saturated carbocycles. The van der Waals surface area contributed by atoms with Crippen molar-refractivity contribution >= 4 is 16.7 Å². The highest BCUT2D eigenvalue weighted by atomic mass is 16.6. The van der Waals surface area contributed by atoms with Crippen LogP contribution in [-0.2, 0) is 16.0 Å². The van der Waals surface area contributed by atoms with Crippen molar-refractivity contribution < 1.29 is 19.0 Å². The highest BCUT2D eigenvalue weighted by Crippen LogP contribution is 2.34. The Morgan fingerprint density at radius 1 is 1.26 bits per heavy atom. The molecule has 4 rings (SSSR count). The number of carbonyl (C=O) groups is 1. The van der Waals surface area contributed by atoms with E-state index in [2.05, 4.69) is 32.8 Å². The SMILES string of the molecule is CC(=O)c1nn(CC(C)(C)C)c2ccc(O[C@@H]3CO[C@H]4[C@@H]3OC[C@H]4C)cc12. The van der Waals surface area contributed by atoms with Crippen molar-refractivity contribution in [3.05, 3.63) is 23.9 Å². The maximum atomic E-state index is 12.1. The van der Waals surface area contributed by atoms with Gasteiger partial charge in [0.05, 0.1) is 24.8 Å². The fourth-order valence-electron chi connectivity index (χ4n) is 3.99. The predicted octanol–water partition coefficient (Wildman–Crippen LogP) is 3.47. The van der Waals surface area contributed by atoms with Crippen LogP contribution < -0.4 is 4.74 Å². The van der Waals surface area contributed by atoms with E-state index in [9.17, 15) is 4.79 Å². The van der Waals surface area contributed by atoms with Gasteiger partial charge in [-0.15, -0.1) is 0 Å². The number of ether oxygens (including phenoxy) is 3. The molecule has 6 heteroatoms. The van der Waals surface area contributed by atoms with Crippen LogP contribution in [0, 0.1) is 11.3 Å². The van der Waals surface area contributed by atoms with Gasteiger partial charge in [-0.05, 0) is 23.6 Å². The topological polar surface area (TPSA) is 62.6 Å². The number of rotatable bonds is 4. The standard InChI is InChI=1S/C21H28N2O4/c1-12-9-25-20-17(10-26-19(12)20)27-14-6-7-16-15(8-14)18(13(2)24)22-23(16)11-21(3,4)5/h6-8,12,17,19-20H,9-11H2,1-5H3/t12-,17-,19-,20-/m1/s1. The van der Waals surface area contributed by atoms with Crippen LogP contribution in [0.15, 0.2) is 18.2 Å². The molecule has 0 radical (unpaired) electrons. The largest absolute Gasteiger partial charge is 0.485 e. The molecule has 2 aromatic rings. The minimum atomic E-state index is -0.122. The molecule has 0 spiro atoms. The second kappa shape index (κ2) is 6.60. The van der Waals surface area contributed by atoms with Gasteiger partial charge < -0.3 is 14.2 Å². The quantitative estimate of drug-likeness (QED) is 0.769. The molecular formula is C21H28N2O4. The third-order valence-corrected chi connectivity index (χ3v) is 5.22. The monoisotopic (exact) mass is 372 g/mol. The van der Waals surface area contributed by atoms with E-state index < -0.39 is 0 Å². The minimum Gasteiger partial charge on any atom is -0.485 e. The van der Waals surface area contributed by atoms with Gasteiger partial charge in [0, 0.05) is 24.8 Å². The van der Waals surface area contributed by atoms with E-state index in [-0.39, 0.29) is 29.5 Å². The molecule has 0 aliphatic carbocycles. The van der Waals surface area contributed by atoms with Crippen LogP contribution in [0.4, 0.5) is 0 Å². The Bertz CT molecular complexity index is 867. The normalized spacial score (nSPS) is 27.9. The number of fused-ring (bicyclic) bond motifs is 2. The first-order valence-corrected chi connectivity index (χ1v) is 9.64. The lowest BCUT2D eigenvalue weighted by Crippen LogP contribution is -2.33. The van der Waals surface area contributed by atoms with Crippen LogP contribution in [-0.4, -0.2) is 47.1 Å². The van der Waals surface area contributed by atoms with Crippen molar-refractivity contribution in [2.75, 3.05) is 13.2 Å². The summed E-state index contributed by atoms with van der Waals surface area (Å²) in [5, 5.41) is 5.41. The number of hydrogen-bond acceptors (Lipinski definition) is 5. The zero-order valence-electron chi connectivity index (χ0n) is 16.7. The summed E-state index contributed by atoms with van der Waals surface area (Å²) in [6.07, 6.45) is -0.0320. The first-order chi connectivity index (χ1) is 12.7. The van der Waals surface area contributed by atoms with Crippen LogP contribution in [0.3, 0.4) is 0 Å². The van der Waals surface area contributed by atoms with Gasteiger partial charge in [0.25, 0.3) is 0 Å². The second-order valence-electron chi connectivity index (χ2n) is 9.03. The number of ketones is 1. The lowest BCUT2D eigenvalue weighted by Gasteiger charge is -2.19. The van der Waals surface area contributed by atoms with Crippen LogP contribution >= 0.6 is 0 Å². The summed E-state index contributed by atoms with van der Waals surface area (Å²) in [7, 11) is 0. The van der Waals surface area contributed by atoms with Crippen molar-refractivity contribution in [3.63, 3.8) is 0 Å². The number of carbonyl (C=O) groups excluding carboxylic acids is 1. The lowest BCUT2D eigenvalue weighted by atomic mass is 9.97. The molecule has 1 aromatic heterocycles. The molecule has 0 N–H and O–H groups in total. The fourth-order valence-corrected chi connectivity index (χ4v) is 3.99. The summed E-state index contributed by atoms with van der Waals surface area (Å²) in [6.45, 7) is 12.1. The highest BCUT2D eigenvalue weighted by Gasteiger charge is 2.47. The van der Waals surface area contributed by atoms with E-state index in [0.717, 1.165) is 23.2 Å². The minimum absolute atomic E-state index is 0.0217. The molecule has 2 saturated heterocycles. The second-order valence-corrected chi connectivity index (χ2v) is 9.03. The third-order valence-electron chi connectivity index (χ3n) is 5.22. The number of aromatic nitrogens is 2. The van der Waals surface area contributed by atoms with Crippen LogP contribution in [0.25, 0.3) is 10.9 Å². The number of Topliss-reactive ketones (excluding diaryl/α,β-unsaturated/α-hetero) is 1. The Labute approximate surface area is 159 Å². The predicted molar refractivity (Wildman–Crippen MR) is 102 cm³/mol. The van der Waals surface area contributed by atoms with Gasteiger partial charge >= 0.3 is 0 Å². The highest BCUT2D eigenvalue weighted by molar-refractivity contribution is 6.05. The Balaban J connectivity index is 1.64. The number of benzene rings is 1. The summed E-state index contributed by atoms with van der Waals surface area (Å²) in [5.41, 5.74) is 1.51. The Morgan fingerprint density at radius 3 is 2.70 bits per heavy atom. The Hall–Kier alpha value is -1.92. The molecule has 0 bridgehead atoms. The van der Waals surface area contributed by atoms with Crippen LogP contribution in [0.1, 0.15) is 45.1 Å². The summed E-state index contributed by atoms with van der Waals surface area (Å²) in [6, 6.07) is 5.85. The molecule has 2 aliphatic heterocycles. The van der Waals surface area contributed by atoms with Crippen molar-refractivity contribution in [3.8, 4) is 5.75 Å². The molecular weight excluding hydrogens is 344 g/mol. The molecule has 0 unspecified atom stereocenters. The molecule has 146 valence electrons. The van der Waals surface area contributed by atoms with E-state index in [0.29, 0.717) is 24.8 Å². The molecule has 2 aliphatic rings. The summed E-state index contributed by atoms with van der Waals surface area (Å²) >= 11 is 0. The van der Waals surface area contributed by atoms with Crippen molar-refractivity contribution in [1.29, 1.82) is 0 Å². The van der Waals surface area contributed by atoms with E-state index in [1.165, 1.54) is 0 Å². The van der Waals surface area contributed by atoms with Gasteiger partial charge in [-0.3, -0.25) is 9.48 Å². The molecule has 1 aromatic carbocycles. The molecule has 6 nitrogen and oxygen atoms in total. The average Bonchev–Trinajstić information content (AvgIpc) is 3.23. The van der Waals surface area contributed by atoms with Gasteiger partial charge in [0.15, 0.2) is 11.9 Å². The molecule has 27 heavy (non-hydrogen) atoms. The van der Waals surface area contributed by atoms with E-state index in [4.69, 9.17) is 14.2 Å². The average molecular weight is 372 g/mol.